The van der Waals surface area contributed by atoms with Crippen LogP contribution in [-0.4, -0.2) is 9.55 Å². The molecule has 0 aliphatic carbocycles. The minimum atomic E-state index is 0.778. The fourth-order valence-corrected chi connectivity index (χ4v) is 0. The zero-order valence-corrected chi connectivity index (χ0v) is 6.44. The van der Waals surface area contributed by atoms with Gasteiger partial charge in [0.05, 0.1) is 0 Å². The van der Waals surface area contributed by atoms with Crippen molar-refractivity contribution in [2.45, 2.75) is 0 Å². The van der Waals surface area contributed by atoms with Gasteiger partial charge in [-0.25, -0.2) is 0 Å². The maximum absolute atomic E-state index is 4.78. The summed E-state index contributed by atoms with van der Waals surface area (Å²) in [7, 11) is 0.778. The highest BCUT2D eigenvalue weighted by molar-refractivity contribution is 6.80. The molecule has 0 aromatic heterocycles. The van der Waals surface area contributed by atoms with Crippen LogP contribution in [0.4, 0.5) is 0 Å². The van der Waals surface area contributed by atoms with E-state index in [0.29, 0.717) is 0 Å². The Morgan fingerprint density at radius 1 is 0.833 bits per heavy atom. The SMILES string of the molecule is C#C.C#C.[SiH3]Cl. The minimum absolute atomic E-state index is 0.778. The lowest BCUT2D eigenvalue weighted by atomic mass is 11.4. The van der Waals surface area contributed by atoms with E-state index in [9.17, 15) is 0 Å². The molecule has 0 aromatic rings. The van der Waals surface area contributed by atoms with Crippen LogP contribution < -0.4 is 0 Å². The molecule has 0 aromatic carbocycles. The topological polar surface area (TPSA) is 0 Å². The van der Waals surface area contributed by atoms with Gasteiger partial charge in [0, 0.05) is 0 Å². The van der Waals surface area contributed by atoms with Crippen LogP contribution >= 0.6 is 11.1 Å². The highest BCUT2D eigenvalue weighted by Crippen LogP contribution is 1.29. The fourth-order valence-electron chi connectivity index (χ4n) is 0. The minimum Gasteiger partial charge on any atom is -0.181 e. The second kappa shape index (κ2) is 437. The van der Waals surface area contributed by atoms with E-state index in [1.165, 1.54) is 0 Å². The summed E-state index contributed by atoms with van der Waals surface area (Å²) < 4.78 is 0. The van der Waals surface area contributed by atoms with Gasteiger partial charge in [0.2, 0.25) is 0 Å². The van der Waals surface area contributed by atoms with Crippen molar-refractivity contribution in [3.05, 3.63) is 0 Å². The van der Waals surface area contributed by atoms with Crippen LogP contribution in [0.2, 0.25) is 0 Å². The van der Waals surface area contributed by atoms with Crippen molar-refractivity contribution >= 4 is 20.6 Å². The molecule has 0 saturated heterocycles. The van der Waals surface area contributed by atoms with Crippen molar-refractivity contribution in [1.82, 2.24) is 0 Å². The van der Waals surface area contributed by atoms with E-state index in [0.717, 1.165) is 9.55 Å². The summed E-state index contributed by atoms with van der Waals surface area (Å²) in [4.78, 5) is 0. The van der Waals surface area contributed by atoms with Gasteiger partial charge in [0.1, 0.15) is 9.55 Å². The predicted octanol–water partition coefficient (Wildman–Crippen LogP) is 0.00440. The van der Waals surface area contributed by atoms with Crippen molar-refractivity contribution in [3.63, 3.8) is 0 Å². The van der Waals surface area contributed by atoms with Crippen LogP contribution in [0.15, 0.2) is 0 Å². The van der Waals surface area contributed by atoms with Crippen LogP contribution in [0.3, 0.4) is 0 Å². The third-order valence-corrected chi connectivity index (χ3v) is 0. The van der Waals surface area contributed by atoms with Crippen molar-refractivity contribution < 1.29 is 0 Å². The first kappa shape index (κ1) is 17.5. The van der Waals surface area contributed by atoms with Crippen molar-refractivity contribution in [2.24, 2.45) is 0 Å². The largest absolute Gasteiger partial charge is 0.181 e. The first-order valence-corrected chi connectivity index (χ1v) is 4.07. The van der Waals surface area contributed by atoms with E-state index >= 15 is 0 Å². The van der Waals surface area contributed by atoms with Gasteiger partial charge in [-0.15, -0.1) is 25.7 Å². The van der Waals surface area contributed by atoms with E-state index in [4.69, 9.17) is 11.1 Å². The molecule has 34 valence electrons. The highest BCUT2D eigenvalue weighted by atomic mass is 35.6. The smallest absolute Gasteiger partial charge is 0.109 e. The lowest BCUT2D eigenvalue weighted by molar-refractivity contribution is 3.31. The van der Waals surface area contributed by atoms with E-state index in [2.05, 4.69) is 25.7 Å². The Balaban J connectivity index is -0.0000000225. The number of terminal acetylenes is 2. The normalized spacial score (nSPS) is 2.17. The van der Waals surface area contributed by atoms with E-state index in [1.54, 1.807) is 0 Å². The van der Waals surface area contributed by atoms with Gasteiger partial charge in [-0.05, 0) is 0 Å². The van der Waals surface area contributed by atoms with Crippen LogP contribution in [0, 0.1) is 25.7 Å². The Labute approximate surface area is 47.0 Å². The molecule has 0 atom stereocenters. The van der Waals surface area contributed by atoms with Gasteiger partial charge in [0.25, 0.3) is 0 Å². The van der Waals surface area contributed by atoms with Gasteiger partial charge < -0.3 is 0 Å². The lowest BCUT2D eigenvalue weighted by Crippen LogP contribution is -0.980. The van der Waals surface area contributed by atoms with Gasteiger partial charge in [-0.2, -0.15) is 11.1 Å². The van der Waals surface area contributed by atoms with Gasteiger partial charge in [0.15, 0.2) is 0 Å². The molecule has 0 unspecified atom stereocenters. The first-order chi connectivity index (χ1) is 3.00. The number of rotatable bonds is 0. The Kier molecular flexibility index (Phi) is 1270. The summed E-state index contributed by atoms with van der Waals surface area (Å²) in [5.41, 5.74) is 0. The third kappa shape index (κ3) is 180. The van der Waals surface area contributed by atoms with Crippen molar-refractivity contribution in [3.8, 4) is 25.7 Å². The molecule has 0 rings (SSSR count). The molecule has 0 aliphatic rings. The molecule has 0 heterocycles. The van der Waals surface area contributed by atoms with Crippen molar-refractivity contribution in [2.75, 3.05) is 0 Å². The average Bonchev–Trinajstić information content (AvgIpc) is 1.81. The summed E-state index contributed by atoms with van der Waals surface area (Å²) in [5.74, 6) is 0. The maximum Gasteiger partial charge on any atom is 0.109 e. The van der Waals surface area contributed by atoms with Gasteiger partial charge in [-0.3, -0.25) is 0 Å². The molecule has 0 radical (unpaired) electrons. The summed E-state index contributed by atoms with van der Waals surface area (Å²) in [6.07, 6.45) is 16.0. The third-order valence-electron chi connectivity index (χ3n) is 0. The van der Waals surface area contributed by atoms with Crippen LogP contribution in [0.25, 0.3) is 0 Å². The molecule has 2 heteroatoms. The monoisotopic (exact) mass is 118 g/mol. The molecule has 0 bridgehead atoms. The molecular formula is C4H7ClSi. The van der Waals surface area contributed by atoms with Crippen molar-refractivity contribution in [1.29, 1.82) is 0 Å². The zero-order valence-electron chi connectivity index (χ0n) is 3.69. The Morgan fingerprint density at radius 2 is 0.833 bits per heavy atom. The summed E-state index contributed by atoms with van der Waals surface area (Å²) >= 11 is 4.78. The Hall–Kier alpha value is -0.373. The average molecular weight is 119 g/mol. The van der Waals surface area contributed by atoms with Crippen LogP contribution in [0.5, 0.6) is 0 Å². The standard InChI is InChI=1S/2C2H2.ClH3Si/c3*1-2/h2*1-2H;2H3. The van der Waals surface area contributed by atoms with Gasteiger partial charge >= 0.3 is 0 Å². The molecule has 0 amide bonds. The van der Waals surface area contributed by atoms with E-state index in [-0.39, 0.29) is 0 Å². The van der Waals surface area contributed by atoms with E-state index < -0.39 is 0 Å². The summed E-state index contributed by atoms with van der Waals surface area (Å²) in [6.45, 7) is 0. The van der Waals surface area contributed by atoms with Crippen LogP contribution in [-0.2, 0) is 0 Å². The van der Waals surface area contributed by atoms with Gasteiger partial charge in [-0.1, -0.05) is 0 Å². The van der Waals surface area contributed by atoms with Crippen LogP contribution in [0.1, 0.15) is 0 Å². The molecule has 0 aliphatic heterocycles. The second-order valence-electron chi connectivity index (χ2n) is 0. The fraction of sp³-hybridized carbons (Fsp3) is 0. The number of hydrogen-bond donors (Lipinski definition) is 0. The molecule has 0 fully saturated rings. The molecule has 0 nitrogen and oxygen atoms in total. The molecular weight excluding hydrogens is 112 g/mol. The molecule has 6 heavy (non-hydrogen) atoms. The zero-order chi connectivity index (χ0) is 6.00. The lowest BCUT2D eigenvalue weighted by Gasteiger charge is -1.05. The van der Waals surface area contributed by atoms with E-state index in [1.807, 2.05) is 0 Å². The predicted molar refractivity (Wildman–Crippen MR) is 35.6 cm³/mol. The summed E-state index contributed by atoms with van der Waals surface area (Å²) in [5, 5.41) is 0. The Morgan fingerprint density at radius 3 is 0.833 bits per heavy atom. The maximum atomic E-state index is 4.78. The first-order valence-electron chi connectivity index (χ1n) is 1.04. The molecule has 0 saturated carbocycles. The molecule has 0 N–H and O–H groups in total. The summed E-state index contributed by atoms with van der Waals surface area (Å²) in [6, 6.07) is 0. The highest BCUT2D eigenvalue weighted by Gasteiger charge is 0.975. The number of halogens is 1. The number of hydrogen-bond acceptors (Lipinski definition) is 0. The quantitative estimate of drug-likeness (QED) is 0.239. The Bertz CT molecular complexity index is 23.0. The molecule has 0 spiro atoms. The second-order valence-corrected chi connectivity index (χ2v) is 0.